The van der Waals surface area contributed by atoms with Crippen LogP contribution in [0.4, 0.5) is 0 Å². The highest BCUT2D eigenvalue weighted by Crippen LogP contribution is 2.27. The van der Waals surface area contributed by atoms with Gasteiger partial charge < -0.3 is 30.7 Å². The van der Waals surface area contributed by atoms with Gasteiger partial charge in [0, 0.05) is 24.0 Å². The average molecular weight is 548 g/mol. The van der Waals surface area contributed by atoms with Crippen molar-refractivity contribution in [1.29, 1.82) is 5.41 Å². The fourth-order valence-electron chi connectivity index (χ4n) is 3.90. The van der Waals surface area contributed by atoms with Crippen molar-refractivity contribution in [3.05, 3.63) is 83.4 Å². The number of aliphatic carboxylic acids is 2. The molecule has 0 radical (unpaired) electrons. The fourth-order valence-corrected chi connectivity index (χ4v) is 3.90. The number of benzene rings is 3. The van der Waals surface area contributed by atoms with E-state index in [4.69, 9.17) is 25.7 Å². The summed E-state index contributed by atoms with van der Waals surface area (Å²) in [5, 5.41) is 28.7. The normalized spacial score (nSPS) is 11.2. The molecule has 0 aliphatic carbocycles. The zero-order chi connectivity index (χ0) is 29.2. The van der Waals surface area contributed by atoms with Crippen molar-refractivity contribution in [2.45, 2.75) is 25.3 Å². The van der Waals surface area contributed by atoms with E-state index in [1.54, 1.807) is 12.1 Å². The summed E-state index contributed by atoms with van der Waals surface area (Å²) in [5.74, 6) is -4.15. The van der Waals surface area contributed by atoms with Gasteiger partial charge >= 0.3 is 11.9 Å². The SMILES string of the molecule is COc1ccc(-c2ccccc2)cc1C(=O)NC(CCC(=O)O)COc1cc(C(=N)N)ccc1CC(=O)C(=O)O. The van der Waals surface area contributed by atoms with Crippen molar-refractivity contribution >= 4 is 29.5 Å². The Hall–Kier alpha value is -5.19. The third kappa shape index (κ3) is 7.90. The van der Waals surface area contributed by atoms with Crippen LogP contribution >= 0.6 is 0 Å². The Morgan fingerprint density at radius 1 is 0.950 bits per heavy atom. The third-order valence-electron chi connectivity index (χ3n) is 6.00. The van der Waals surface area contributed by atoms with Crippen molar-refractivity contribution in [2.75, 3.05) is 13.7 Å². The predicted molar refractivity (Wildman–Crippen MR) is 146 cm³/mol. The Labute approximate surface area is 230 Å². The average Bonchev–Trinajstić information content (AvgIpc) is 2.94. The first-order chi connectivity index (χ1) is 19.1. The van der Waals surface area contributed by atoms with Crippen LogP contribution in [0.15, 0.2) is 66.7 Å². The summed E-state index contributed by atoms with van der Waals surface area (Å²) in [6, 6.07) is 18.0. The number of nitrogens with one attached hydrogen (secondary N) is 2. The van der Waals surface area contributed by atoms with Gasteiger partial charge in [-0.15, -0.1) is 0 Å². The van der Waals surface area contributed by atoms with Crippen LogP contribution in [0.2, 0.25) is 0 Å². The lowest BCUT2D eigenvalue weighted by Crippen LogP contribution is -2.39. The largest absolute Gasteiger partial charge is 0.496 e. The zero-order valence-corrected chi connectivity index (χ0v) is 21.7. The molecule has 11 heteroatoms. The van der Waals surface area contributed by atoms with Gasteiger partial charge in [0.05, 0.1) is 18.7 Å². The van der Waals surface area contributed by atoms with Crippen LogP contribution in [0.1, 0.15) is 34.3 Å². The first-order valence-electron chi connectivity index (χ1n) is 12.2. The molecule has 0 bridgehead atoms. The van der Waals surface area contributed by atoms with Gasteiger partial charge in [-0.3, -0.25) is 19.8 Å². The molecule has 0 aliphatic heterocycles. The Morgan fingerprint density at radius 2 is 1.68 bits per heavy atom. The predicted octanol–water partition coefficient (Wildman–Crippen LogP) is 2.88. The molecule has 1 amide bonds. The Morgan fingerprint density at radius 3 is 2.30 bits per heavy atom. The number of rotatable bonds is 14. The van der Waals surface area contributed by atoms with Crippen molar-refractivity contribution in [3.8, 4) is 22.6 Å². The summed E-state index contributed by atoms with van der Waals surface area (Å²) < 4.78 is 11.2. The number of carbonyl (C=O) groups excluding carboxylic acids is 2. The number of carbonyl (C=O) groups is 4. The van der Waals surface area contributed by atoms with Crippen LogP contribution in [-0.2, 0) is 20.8 Å². The van der Waals surface area contributed by atoms with E-state index in [2.05, 4.69) is 5.32 Å². The summed E-state index contributed by atoms with van der Waals surface area (Å²) in [6.45, 7) is -0.213. The summed E-state index contributed by atoms with van der Waals surface area (Å²) in [7, 11) is 1.43. The van der Waals surface area contributed by atoms with Crippen LogP contribution in [0.25, 0.3) is 11.1 Å². The number of hydrogen-bond acceptors (Lipinski definition) is 7. The number of amidine groups is 1. The molecule has 0 saturated heterocycles. The minimum atomic E-state index is -1.61. The minimum absolute atomic E-state index is 0.0115. The molecule has 0 spiro atoms. The van der Waals surface area contributed by atoms with Gasteiger partial charge in [0.1, 0.15) is 23.9 Å². The molecule has 3 aromatic carbocycles. The highest BCUT2D eigenvalue weighted by Gasteiger charge is 2.22. The van der Waals surface area contributed by atoms with E-state index in [-0.39, 0.29) is 47.7 Å². The number of amides is 1. The Kier molecular flexibility index (Phi) is 9.95. The van der Waals surface area contributed by atoms with Crippen LogP contribution in [0.3, 0.4) is 0 Å². The highest BCUT2D eigenvalue weighted by molar-refractivity contribution is 6.33. The first-order valence-corrected chi connectivity index (χ1v) is 12.2. The second-order valence-electron chi connectivity index (χ2n) is 8.84. The molecule has 1 unspecified atom stereocenters. The summed E-state index contributed by atoms with van der Waals surface area (Å²) in [4.78, 5) is 47.6. The maximum Gasteiger partial charge on any atom is 0.372 e. The van der Waals surface area contributed by atoms with Gasteiger partial charge in [0.25, 0.3) is 5.91 Å². The molecular weight excluding hydrogens is 518 g/mol. The van der Waals surface area contributed by atoms with E-state index in [0.29, 0.717) is 5.75 Å². The van der Waals surface area contributed by atoms with Gasteiger partial charge in [-0.25, -0.2) is 4.79 Å². The molecule has 1 atom stereocenters. The molecular formula is C29H29N3O8. The Balaban J connectivity index is 1.87. The molecule has 11 nitrogen and oxygen atoms in total. The fraction of sp³-hybridized carbons (Fsp3) is 0.207. The second-order valence-corrected chi connectivity index (χ2v) is 8.84. The number of nitrogens with two attached hydrogens (primary N) is 1. The number of ether oxygens (including phenoxy) is 2. The third-order valence-corrected chi connectivity index (χ3v) is 6.00. The lowest BCUT2D eigenvalue weighted by molar-refractivity contribution is -0.148. The van der Waals surface area contributed by atoms with E-state index < -0.39 is 36.1 Å². The van der Waals surface area contributed by atoms with Gasteiger partial charge in [0.2, 0.25) is 5.78 Å². The maximum atomic E-state index is 13.4. The monoisotopic (exact) mass is 547 g/mol. The lowest BCUT2D eigenvalue weighted by atomic mass is 10.0. The maximum absolute atomic E-state index is 13.4. The first kappa shape index (κ1) is 29.4. The molecule has 0 aromatic heterocycles. The smallest absolute Gasteiger partial charge is 0.372 e. The number of carboxylic acids is 2. The quantitative estimate of drug-likeness (QED) is 0.115. The van der Waals surface area contributed by atoms with Crippen molar-refractivity contribution in [2.24, 2.45) is 5.73 Å². The highest BCUT2D eigenvalue weighted by atomic mass is 16.5. The summed E-state index contributed by atoms with van der Waals surface area (Å²) in [5.41, 5.74) is 7.97. The molecule has 208 valence electrons. The van der Waals surface area contributed by atoms with E-state index in [1.807, 2.05) is 36.4 Å². The van der Waals surface area contributed by atoms with Gasteiger partial charge in [-0.1, -0.05) is 48.5 Å². The van der Waals surface area contributed by atoms with E-state index in [9.17, 15) is 24.3 Å². The molecule has 0 fully saturated rings. The summed E-state index contributed by atoms with van der Waals surface area (Å²) in [6.07, 6.45) is -0.733. The Bertz CT molecular complexity index is 1420. The number of methoxy groups -OCH3 is 1. The van der Waals surface area contributed by atoms with Crippen molar-refractivity contribution < 1.29 is 38.9 Å². The topological polar surface area (TPSA) is 189 Å². The van der Waals surface area contributed by atoms with Crippen LogP contribution in [0.5, 0.6) is 11.5 Å². The molecule has 0 heterocycles. The lowest BCUT2D eigenvalue weighted by Gasteiger charge is -2.21. The van der Waals surface area contributed by atoms with E-state index in [1.165, 1.54) is 25.3 Å². The molecule has 0 aliphatic rings. The molecule has 3 aromatic rings. The van der Waals surface area contributed by atoms with Crippen molar-refractivity contribution in [1.82, 2.24) is 5.32 Å². The van der Waals surface area contributed by atoms with Gasteiger partial charge in [0.15, 0.2) is 0 Å². The number of nitrogen functional groups attached to an aromatic ring is 1. The number of hydrogen-bond donors (Lipinski definition) is 5. The van der Waals surface area contributed by atoms with E-state index in [0.717, 1.165) is 11.1 Å². The number of Topliss-reactive ketones (excluding diaryl/α,β-unsaturated/α-hetero) is 1. The minimum Gasteiger partial charge on any atom is -0.496 e. The van der Waals surface area contributed by atoms with Gasteiger partial charge in [-0.2, -0.15) is 0 Å². The van der Waals surface area contributed by atoms with Gasteiger partial charge in [-0.05, 0) is 35.7 Å². The molecule has 3 rings (SSSR count). The number of ketones is 1. The molecule has 40 heavy (non-hydrogen) atoms. The van der Waals surface area contributed by atoms with E-state index >= 15 is 0 Å². The number of carboxylic acid groups (broad SMARTS) is 2. The van der Waals surface area contributed by atoms with Crippen LogP contribution < -0.4 is 20.5 Å². The zero-order valence-electron chi connectivity index (χ0n) is 21.7. The van der Waals surface area contributed by atoms with Crippen molar-refractivity contribution in [3.63, 3.8) is 0 Å². The molecule has 0 saturated carbocycles. The molecule has 6 N–H and O–H groups in total. The standard InChI is InChI=1S/C29H29N3O8/c1-39-24-11-9-18(17-5-3-2-4-6-17)13-22(24)28(36)32-21(10-12-26(34)35)16-40-25-15-20(27(30)31)8-7-19(25)14-23(33)29(37)38/h2-9,11,13,15,21H,10,12,14,16H2,1H3,(H3,30,31)(H,32,36)(H,34,35)(H,37,38). The van der Waals surface area contributed by atoms with Crippen LogP contribution in [0, 0.1) is 5.41 Å². The summed E-state index contributed by atoms with van der Waals surface area (Å²) >= 11 is 0. The van der Waals surface area contributed by atoms with Crippen LogP contribution in [-0.4, -0.2) is 59.4 Å². The second kappa shape index (κ2) is 13.6.